The smallest absolute Gasteiger partial charge is 0.129 e. The number of benzene rings is 1. The molecule has 0 fully saturated rings. The second-order valence-electron chi connectivity index (χ2n) is 5.39. The van der Waals surface area contributed by atoms with E-state index in [1.165, 1.54) is 12.1 Å². The van der Waals surface area contributed by atoms with Crippen molar-refractivity contribution in [3.8, 4) is 0 Å². The molecule has 0 aliphatic rings. The summed E-state index contributed by atoms with van der Waals surface area (Å²) in [5, 5.41) is 4.44. The lowest BCUT2D eigenvalue weighted by molar-refractivity contribution is 0.485. The van der Waals surface area contributed by atoms with Crippen molar-refractivity contribution in [3.05, 3.63) is 53.4 Å². The fourth-order valence-corrected chi connectivity index (χ4v) is 2.17. The van der Waals surface area contributed by atoms with E-state index < -0.39 is 11.6 Å². The van der Waals surface area contributed by atoms with Crippen LogP contribution in [-0.2, 0) is 12.8 Å². The summed E-state index contributed by atoms with van der Waals surface area (Å²) in [4.78, 5) is 0. The van der Waals surface area contributed by atoms with E-state index >= 15 is 0 Å². The van der Waals surface area contributed by atoms with Crippen LogP contribution in [0.3, 0.4) is 0 Å². The Balaban J connectivity index is 2.05. The molecule has 0 bridgehead atoms. The van der Waals surface area contributed by atoms with Crippen LogP contribution < -0.4 is 11.3 Å². The van der Waals surface area contributed by atoms with Crippen molar-refractivity contribution in [1.82, 2.24) is 15.2 Å². The van der Waals surface area contributed by atoms with Crippen LogP contribution in [0.2, 0.25) is 0 Å². The molecule has 6 heteroatoms. The average molecular weight is 294 g/mol. The van der Waals surface area contributed by atoms with Gasteiger partial charge in [-0.3, -0.25) is 16.0 Å². The van der Waals surface area contributed by atoms with Crippen LogP contribution in [0.1, 0.15) is 31.1 Å². The van der Waals surface area contributed by atoms with Gasteiger partial charge in [0, 0.05) is 30.8 Å². The molecule has 21 heavy (non-hydrogen) atoms. The Morgan fingerprint density at radius 2 is 2.00 bits per heavy atom. The lowest BCUT2D eigenvalue weighted by Gasteiger charge is -2.15. The van der Waals surface area contributed by atoms with E-state index in [9.17, 15) is 8.78 Å². The summed E-state index contributed by atoms with van der Waals surface area (Å²) < 4.78 is 28.4. The standard InChI is InChI=1S/C15H20F2N4/c1-10(2)21-6-5-13(20-21)9-14(19-18)7-11-3-4-12(16)8-15(11)17/h3-6,8,10,14,19H,7,9,18H2,1-2H3. The fourth-order valence-electron chi connectivity index (χ4n) is 2.17. The largest absolute Gasteiger partial charge is 0.271 e. The van der Waals surface area contributed by atoms with E-state index in [4.69, 9.17) is 5.84 Å². The number of nitrogens with zero attached hydrogens (tertiary/aromatic N) is 2. The van der Waals surface area contributed by atoms with E-state index in [-0.39, 0.29) is 12.1 Å². The first-order chi connectivity index (χ1) is 9.99. The van der Waals surface area contributed by atoms with E-state index in [0.717, 1.165) is 11.8 Å². The fraction of sp³-hybridized carbons (Fsp3) is 0.400. The van der Waals surface area contributed by atoms with Gasteiger partial charge in [-0.2, -0.15) is 5.10 Å². The highest BCUT2D eigenvalue weighted by Gasteiger charge is 2.14. The molecule has 0 saturated heterocycles. The van der Waals surface area contributed by atoms with Crippen molar-refractivity contribution in [1.29, 1.82) is 0 Å². The number of hydrogen-bond acceptors (Lipinski definition) is 3. The monoisotopic (exact) mass is 294 g/mol. The minimum atomic E-state index is -0.579. The predicted octanol–water partition coefficient (Wildman–Crippen LogP) is 2.36. The third-order valence-electron chi connectivity index (χ3n) is 3.37. The first kappa shape index (κ1) is 15.6. The van der Waals surface area contributed by atoms with Gasteiger partial charge in [-0.05, 0) is 38.0 Å². The van der Waals surface area contributed by atoms with Gasteiger partial charge in [-0.25, -0.2) is 8.78 Å². The van der Waals surface area contributed by atoms with E-state index in [2.05, 4.69) is 10.5 Å². The maximum absolute atomic E-state index is 13.7. The molecule has 0 radical (unpaired) electrons. The molecule has 2 rings (SSSR count). The van der Waals surface area contributed by atoms with Crippen LogP contribution in [0, 0.1) is 11.6 Å². The van der Waals surface area contributed by atoms with E-state index in [1.54, 1.807) is 0 Å². The van der Waals surface area contributed by atoms with E-state index in [0.29, 0.717) is 18.4 Å². The number of halogens is 2. The quantitative estimate of drug-likeness (QED) is 0.635. The molecule has 0 spiro atoms. The number of hydrogen-bond donors (Lipinski definition) is 2. The van der Waals surface area contributed by atoms with Gasteiger partial charge in [-0.15, -0.1) is 0 Å². The second kappa shape index (κ2) is 6.78. The summed E-state index contributed by atoms with van der Waals surface area (Å²) in [6.07, 6.45) is 2.86. The highest BCUT2D eigenvalue weighted by Crippen LogP contribution is 2.14. The molecule has 1 heterocycles. The van der Waals surface area contributed by atoms with Gasteiger partial charge < -0.3 is 0 Å². The lowest BCUT2D eigenvalue weighted by atomic mass is 10.0. The summed E-state index contributed by atoms with van der Waals surface area (Å²) in [7, 11) is 0. The summed E-state index contributed by atoms with van der Waals surface area (Å²) in [5.74, 6) is 4.40. The molecule has 0 saturated carbocycles. The molecule has 0 aliphatic heterocycles. The summed E-state index contributed by atoms with van der Waals surface area (Å²) in [6.45, 7) is 4.09. The number of hydrazine groups is 1. The minimum absolute atomic E-state index is 0.166. The normalized spacial score (nSPS) is 12.9. The molecule has 1 atom stereocenters. The highest BCUT2D eigenvalue weighted by atomic mass is 19.1. The molecular formula is C15H20F2N4. The van der Waals surface area contributed by atoms with Crippen LogP contribution in [0.15, 0.2) is 30.5 Å². The van der Waals surface area contributed by atoms with Crippen LogP contribution >= 0.6 is 0 Å². The zero-order valence-corrected chi connectivity index (χ0v) is 12.2. The first-order valence-electron chi connectivity index (χ1n) is 6.93. The molecule has 3 N–H and O–H groups in total. The van der Waals surface area contributed by atoms with Gasteiger partial charge in [0.05, 0.1) is 5.69 Å². The first-order valence-corrected chi connectivity index (χ1v) is 6.93. The van der Waals surface area contributed by atoms with E-state index in [1.807, 2.05) is 30.8 Å². The third kappa shape index (κ3) is 4.09. The van der Waals surface area contributed by atoms with Gasteiger partial charge in [0.15, 0.2) is 0 Å². The van der Waals surface area contributed by atoms with Crippen molar-refractivity contribution in [3.63, 3.8) is 0 Å². The number of rotatable bonds is 6. The SMILES string of the molecule is CC(C)n1ccc(CC(Cc2ccc(F)cc2F)NN)n1. The summed E-state index contributed by atoms with van der Waals surface area (Å²) in [6, 6.07) is 5.63. The Bertz CT molecular complexity index is 595. The minimum Gasteiger partial charge on any atom is -0.271 e. The molecule has 114 valence electrons. The zero-order valence-electron chi connectivity index (χ0n) is 12.2. The van der Waals surface area contributed by atoms with Crippen molar-refractivity contribution < 1.29 is 8.78 Å². The number of nitrogens with two attached hydrogens (primary N) is 1. The predicted molar refractivity (Wildman–Crippen MR) is 77.5 cm³/mol. The van der Waals surface area contributed by atoms with Gasteiger partial charge in [0.2, 0.25) is 0 Å². The molecule has 2 aromatic rings. The molecule has 1 aromatic carbocycles. The average Bonchev–Trinajstić information content (AvgIpc) is 2.89. The van der Waals surface area contributed by atoms with Gasteiger partial charge >= 0.3 is 0 Å². The maximum Gasteiger partial charge on any atom is 0.129 e. The van der Waals surface area contributed by atoms with Crippen molar-refractivity contribution in [2.75, 3.05) is 0 Å². The van der Waals surface area contributed by atoms with Crippen LogP contribution in [0.5, 0.6) is 0 Å². The van der Waals surface area contributed by atoms with Crippen LogP contribution in [-0.4, -0.2) is 15.8 Å². The summed E-state index contributed by atoms with van der Waals surface area (Å²) >= 11 is 0. The Morgan fingerprint density at radius 3 is 2.57 bits per heavy atom. The molecule has 4 nitrogen and oxygen atoms in total. The molecular weight excluding hydrogens is 274 g/mol. The van der Waals surface area contributed by atoms with Gasteiger partial charge in [0.1, 0.15) is 11.6 Å². The van der Waals surface area contributed by atoms with Crippen molar-refractivity contribution >= 4 is 0 Å². The molecule has 0 amide bonds. The molecule has 1 aromatic heterocycles. The lowest BCUT2D eigenvalue weighted by Crippen LogP contribution is -2.38. The summed E-state index contributed by atoms with van der Waals surface area (Å²) in [5.41, 5.74) is 3.99. The maximum atomic E-state index is 13.7. The Hall–Kier alpha value is -1.79. The Labute approximate surface area is 122 Å². The van der Waals surface area contributed by atoms with Gasteiger partial charge in [-0.1, -0.05) is 6.07 Å². The Morgan fingerprint density at radius 1 is 1.24 bits per heavy atom. The number of nitrogens with one attached hydrogen (secondary N) is 1. The van der Waals surface area contributed by atoms with Gasteiger partial charge in [0.25, 0.3) is 0 Å². The Kier molecular flexibility index (Phi) is 5.03. The van der Waals surface area contributed by atoms with Crippen molar-refractivity contribution in [2.45, 2.75) is 38.8 Å². The van der Waals surface area contributed by atoms with Crippen molar-refractivity contribution in [2.24, 2.45) is 5.84 Å². The zero-order chi connectivity index (χ0) is 15.4. The van der Waals surface area contributed by atoms with Crippen LogP contribution in [0.25, 0.3) is 0 Å². The topological polar surface area (TPSA) is 55.9 Å². The third-order valence-corrected chi connectivity index (χ3v) is 3.37. The van der Waals surface area contributed by atoms with Crippen LogP contribution in [0.4, 0.5) is 8.78 Å². The molecule has 1 unspecified atom stereocenters. The molecule has 0 aliphatic carbocycles. The second-order valence-corrected chi connectivity index (χ2v) is 5.39. The number of aromatic nitrogens is 2. The highest BCUT2D eigenvalue weighted by molar-refractivity contribution is 5.20.